The van der Waals surface area contributed by atoms with Crippen molar-refractivity contribution in [1.82, 2.24) is 5.32 Å². The van der Waals surface area contributed by atoms with Gasteiger partial charge in [-0.25, -0.2) is 0 Å². The lowest BCUT2D eigenvalue weighted by Gasteiger charge is -2.20. The summed E-state index contributed by atoms with van der Waals surface area (Å²) in [6.45, 7) is 7.41. The fraction of sp³-hybridized carbons (Fsp3) is 0.600. The molecule has 0 bridgehead atoms. The van der Waals surface area contributed by atoms with Crippen molar-refractivity contribution in [2.75, 3.05) is 13.7 Å². The monoisotopic (exact) mass is 235 g/mol. The van der Waals surface area contributed by atoms with E-state index in [0.717, 1.165) is 25.2 Å². The maximum atomic E-state index is 5.80. The quantitative estimate of drug-likeness (QED) is 0.780. The van der Waals surface area contributed by atoms with E-state index in [0.29, 0.717) is 12.0 Å². The van der Waals surface area contributed by atoms with Crippen LogP contribution >= 0.6 is 0 Å². The minimum Gasteiger partial charge on any atom is -0.493 e. The molecule has 1 rings (SSSR count). The number of para-hydroxylation sites is 1. The van der Waals surface area contributed by atoms with Gasteiger partial charge in [-0.2, -0.15) is 0 Å². The fourth-order valence-electron chi connectivity index (χ4n) is 2.01. The number of ether oxygens (including phenoxy) is 1. The standard InChI is InChI=1S/C15H25NO/c1-5-10-17-15-9-7-6-8-14(15)12(2)11-13(3)16-4/h6-9,12-13,16H,5,10-11H2,1-4H3. The second-order valence-corrected chi connectivity index (χ2v) is 4.71. The number of hydrogen-bond donors (Lipinski definition) is 1. The van der Waals surface area contributed by atoms with Gasteiger partial charge in [-0.1, -0.05) is 32.0 Å². The van der Waals surface area contributed by atoms with Gasteiger partial charge in [-0.15, -0.1) is 0 Å². The molecule has 0 aliphatic rings. The summed E-state index contributed by atoms with van der Waals surface area (Å²) in [6.07, 6.45) is 2.18. The first kappa shape index (κ1) is 14.0. The van der Waals surface area contributed by atoms with Crippen LogP contribution in [0.3, 0.4) is 0 Å². The zero-order valence-corrected chi connectivity index (χ0v) is 11.5. The molecule has 2 unspecified atom stereocenters. The molecular weight excluding hydrogens is 210 g/mol. The van der Waals surface area contributed by atoms with Crippen LogP contribution in [-0.4, -0.2) is 19.7 Å². The Kier molecular flexibility index (Phi) is 6.06. The van der Waals surface area contributed by atoms with Crippen molar-refractivity contribution in [2.24, 2.45) is 0 Å². The fourth-order valence-corrected chi connectivity index (χ4v) is 2.01. The Labute approximate surface area is 105 Å². The van der Waals surface area contributed by atoms with Crippen LogP contribution < -0.4 is 10.1 Å². The summed E-state index contributed by atoms with van der Waals surface area (Å²) < 4.78 is 5.80. The highest BCUT2D eigenvalue weighted by Gasteiger charge is 2.13. The largest absolute Gasteiger partial charge is 0.493 e. The highest BCUT2D eigenvalue weighted by atomic mass is 16.5. The first-order valence-corrected chi connectivity index (χ1v) is 6.58. The van der Waals surface area contributed by atoms with E-state index in [9.17, 15) is 0 Å². The Hall–Kier alpha value is -1.02. The SMILES string of the molecule is CCCOc1ccccc1C(C)CC(C)NC. The molecule has 96 valence electrons. The summed E-state index contributed by atoms with van der Waals surface area (Å²) >= 11 is 0. The molecule has 0 saturated heterocycles. The zero-order chi connectivity index (χ0) is 12.7. The number of hydrogen-bond acceptors (Lipinski definition) is 2. The predicted molar refractivity (Wildman–Crippen MR) is 73.8 cm³/mol. The zero-order valence-electron chi connectivity index (χ0n) is 11.5. The number of benzene rings is 1. The summed E-state index contributed by atoms with van der Waals surface area (Å²) in [5, 5.41) is 3.29. The van der Waals surface area contributed by atoms with E-state index >= 15 is 0 Å². The summed E-state index contributed by atoms with van der Waals surface area (Å²) in [5.41, 5.74) is 1.32. The molecule has 1 aromatic rings. The average Bonchev–Trinajstić information content (AvgIpc) is 2.36. The van der Waals surface area contributed by atoms with Gasteiger partial charge < -0.3 is 10.1 Å². The Morgan fingerprint density at radius 3 is 2.59 bits per heavy atom. The van der Waals surface area contributed by atoms with Crippen molar-refractivity contribution in [1.29, 1.82) is 0 Å². The van der Waals surface area contributed by atoms with Crippen LogP contribution in [0.4, 0.5) is 0 Å². The van der Waals surface area contributed by atoms with Gasteiger partial charge in [0.1, 0.15) is 5.75 Å². The summed E-state index contributed by atoms with van der Waals surface area (Å²) in [6, 6.07) is 8.92. The molecule has 1 aromatic carbocycles. The summed E-state index contributed by atoms with van der Waals surface area (Å²) in [4.78, 5) is 0. The highest BCUT2D eigenvalue weighted by molar-refractivity contribution is 5.36. The van der Waals surface area contributed by atoms with Gasteiger partial charge in [0.15, 0.2) is 0 Å². The summed E-state index contributed by atoms with van der Waals surface area (Å²) in [5.74, 6) is 1.57. The molecule has 1 N–H and O–H groups in total. The molecule has 0 spiro atoms. The maximum Gasteiger partial charge on any atom is 0.122 e. The van der Waals surface area contributed by atoms with Gasteiger partial charge >= 0.3 is 0 Å². The second-order valence-electron chi connectivity index (χ2n) is 4.71. The van der Waals surface area contributed by atoms with Crippen LogP contribution in [0.15, 0.2) is 24.3 Å². The first-order chi connectivity index (χ1) is 8.19. The molecule has 0 amide bonds. The maximum absolute atomic E-state index is 5.80. The third-order valence-corrected chi connectivity index (χ3v) is 3.11. The number of nitrogens with one attached hydrogen (secondary N) is 1. The van der Waals surface area contributed by atoms with Crippen molar-refractivity contribution < 1.29 is 4.74 Å². The van der Waals surface area contributed by atoms with Gasteiger partial charge in [-0.05, 0) is 44.4 Å². The molecule has 0 aliphatic carbocycles. The van der Waals surface area contributed by atoms with E-state index in [4.69, 9.17) is 4.74 Å². The van der Waals surface area contributed by atoms with Gasteiger partial charge in [-0.3, -0.25) is 0 Å². The van der Waals surface area contributed by atoms with Crippen LogP contribution in [0.25, 0.3) is 0 Å². The van der Waals surface area contributed by atoms with E-state index in [2.05, 4.69) is 44.3 Å². The van der Waals surface area contributed by atoms with E-state index < -0.39 is 0 Å². The van der Waals surface area contributed by atoms with Crippen molar-refractivity contribution in [3.05, 3.63) is 29.8 Å². The lowest BCUT2D eigenvalue weighted by molar-refractivity contribution is 0.311. The van der Waals surface area contributed by atoms with Crippen LogP contribution in [-0.2, 0) is 0 Å². The van der Waals surface area contributed by atoms with E-state index in [1.165, 1.54) is 5.56 Å². The van der Waals surface area contributed by atoms with Gasteiger partial charge in [0, 0.05) is 6.04 Å². The van der Waals surface area contributed by atoms with Gasteiger partial charge in [0.2, 0.25) is 0 Å². The molecule has 17 heavy (non-hydrogen) atoms. The van der Waals surface area contributed by atoms with E-state index in [1.54, 1.807) is 0 Å². The molecular formula is C15H25NO. The highest BCUT2D eigenvalue weighted by Crippen LogP contribution is 2.29. The van der Waals surface area contributed by atoms with Crippen LogP contribution in [0.1, 0.15) is 45.1 Å². The van der Waals surface area contributed by atoms with Gasteiger partial charge in [0.05, 0.1) is 6.61 Å². The Bertz CT molecular complexity index is 324. The second kappa shape index (κ2) is 7.33. The molecule has 0 aromatic heterocycles. The molecule has 2 atom stereocenters. The average molecular weight is 235 g/mol. The molecule has 0 aliphatic heterocycles. The molecule has 0 radical (unpaired) electrons. The molecule has 0 fully saturated rings. The Balaban J connectivity index is 2.73. The smallest absolute Gasteiger partial charge is 0.122 e. The van der Waals surface area contributed by atoms with Crippen LogP contribution in [0.5, 0.6) is 5.75 Å². The Morgan fingerprint density at radius 1 is 1.24 bits per heavy atom. The minimum absolute atomic E-state index is 0.519. The van der Waals surface area contributed by atoms with Crippen LogP contribution in [0.2, 0.25) is 0 Å². The summed E-state index contributed by atoms with van der Waals surface area (Å²) in [7, 11) is 2.01. The minimum atomic E-state index is 0.519. The molecule has 2 heteroatoms. The van der Waals surface area contributed by atoms with E-state index in [1.807, 2.05) is 13.1 Å². The topological polar surface area (TPSA) is 21.3 Å². The lowest BCUT2D eigenvalue weighted by Crippen LogP contribution is -2.23. The lowest BCUT2D eigenvalue weighted by atomic mass is 9.94. The number of rotatable bonds is 7. The van der Waals surface area contributed by atoms with Crippen molar-refractivity contribution >= 4 is 0 Å². The first-order valence-electron chi connectivity index (χ1n) is 6.58. The molecule has 0 saturated carbocycles. The van der Waals surface area contributed by atoms with Crippen molar-refractivity contribution in [3.63, 3.8) is 0 Å². The predicted octanol–water partition coefficient (Wildman–Crippen LogP) is 3.58. The Morgan fingerprint density at radius 2 is 1.94 bits per heavy atom. The van der Waals surface area contributed by atoms with Crippen LogP contribution in [0, 0.1) is 0 Å². The molecule has 2 nitrogen and oxygen atoms in total. The van der Waals surface area contributed by atoms with Crippen molar-refractivity contribution in [3.8, 4) is 5.75 Å². The van der Waals surface area contributed by atoms with Gasteiger partial charge in [0.25, 0.3) is 0 Å². The van der Waals surface area contributed by atoms with Crippen molar-refractivity contribution in [2.45, 2.75) is 45.6 Å². The third kappa shape index (κ3) is 4.39. The molecule has 0 heterocycles. The van der Waals surface area contributed by atoms with E-state index in [-0.39, 0.29) is 0 Å². The third-order valence-electron chi connectivity index (χ3n) is 3.11. The normalized spacial score (nSPS) is 14.4.